The van der Waals surface area contributed by atoms with Crippen LogP contribution >= 0.6 is 0 Å². The number of hydrogen-bond donors (Lipinski definition) is 1. The van der Waals surface area contributed by atoms with Gasteiger partial charge in [0.1, 0.15) is 5.82 Å². The van der Waals surface area contributed by atoms with Gasteiger partial charge in [-0.25, -0.2) is 9.67 Å². The quantitative estimate of drug-likeness (QED) is 0.707. The summed E-state index contributed by atoms with van der Waals surface area (Å²) in [6.45, 7) is 9.26. The number of nitrogens with one attached hydrogen (secondary N) is 1. The van der Waals surface area contributed by atoms with E-state index in [0.717, 1.165) is 74.3 Å². The second-order valence-electron chi connectivity index (χ2n) is 11.0. The van der Waals surface area contributed by atoms with E-state index < -0.39 is 0 Å². The van der Waals surface area contributed by atoms with Crippen LogP contribution in [0.2, 0.25) is 0 Å². The lowest BCUT2D eigenvalue weighted by atomic mass is 10.0. The molecule has 2 aromatic heterocycles. The first kappa shape index (κ1) is 22.3. The van der Waals surface area contributed by atoms with Crippen LogP contribution in [0.5, 0.6) is 0 Å². The van der Waals surface area contributed by atoms with Crippen LogP contribution < -0.4 is 10.2 Å². The van der Waals surface area contributed by atoms with Gasteiger partial charge in [0.05, 0.1) is 5.39 Å². The third kappa shape index (κ3) is 4.67. The van der Waals surface area contributed by atoms with Crippen molar-refractivity contribution in [2.75, 3.05) is 57.3 Å². The number of rotatable bonds is 6. The molecule has 4 fully saturated rings. The van der Waals surface area contributed by atoms with E-state index in [1.54, 1.807) is 4.68 Å². The van der Waals surface area contributed by atoms with E-state index in [1.165, 1.54) is 51.7 Å². The van der Waals surface area contributed by atoms with Crippen LogP contribution in [0.4, 0.5) is 5.82 Å². The molecule has 0 spiro atoms. The molecule has 184 valence electrons. The fourth-order valence-electron chi connectivity index (χ4n) is 6.28. The summed E-state index contributed by atoms with van der Waals surface area (Å²) >= 11 is 0. The molecule has 4 aliphatic rings. The topological polar surface area (TPSA) is 69.5 Å². The lowest BCUT2D eigenvalue weighted by Crippen LogP contribution is -2.46. The summed E-state index contributed by atoms with van der Waals surface area (Å²) in [4.78, 5) is 25.6. The predicted octanol–water partition coefficient (Wildman–Crippen LogP) is 2.49. The molecule has 2 unspecified atom stereocenters. The smallest absolute Gasteiger partial charge is 0.272 e. The molecule has 1 amide bonds. The van der Waals surface area contributed by atoms with Gasteiger partial charge >= 0.3 is 0 Å². The molecular weight excluding hydrogens is 426 g/mol. The summed E-state index contributed by atoms with van der Waals surface area (Å²) in [6.07, 6.45) is 8.54. The van der Waals surface area contributed by atoms with Crippen LogP contribution in [0.25, 0.3) is 11.0 Å². The molecule has 0 aromatic carbocycles. The zero-order chi connectivity index (χ0) is 23.1. The Bertz CT molecular complexity index is 1010. The average Bonchev–Trinajstić information content (AvgIpc) is 3.45. The summed E-state index contributed by atoms with van der Waals surface area (Å²) in [5.74, 6) is 2.96. The van der Waals surface area contributed by atoms with E-state index in [0.29, 0.717) is 5.69 Å². The number of carbonyl (C=O) groups is 1. The Balaban J connectivity index is 1.04. The third-order valence-electron chi connectivity index (χ3n) is 8.53. The Labute approximate surface area is 202 Å². The van der Waals surface area contributed by atoms with Crippen molar-refractivity contribution in [1.29, 1.82) is 0 Å². The molecule has 6 rings (SSSR count). The van der Waals surface area contributed by atoms with Gasteiger partial charge in [-0.3, -0.25) is 4.79 Å². The molecule has 2 aromatic rings. The second kappa shape index (κ2) is 9.46. The zero-order valence-electron chi connectivity index (χ0n) is 20.6. The van der Waals surface area contributed by atoms with E-state index in [9.17, 15) is 4.79 Å². The summed E-state index contributed by atoms with van der Waals surface area (Å²) in [5, 5.41) is 8.68. The SMILES string of the molecule is Cn1nc(C(=O)NC2CCN(CCN3CC4CC4C3)CC2)c2ccc(N3CCCCCC3)nc21. The van der Waals surface area contributed by atoms with Crippen LogP contribution in [0.1, 0.15) is 55.4 Å². The van der Waals surface area contributed by atoms with Crippen LogP contribution in [0.15, 0.2) is 12.1 Å². The number of hydrogen-bond acceptors (Lipinski definition) is 6. The maximum atomic E-state index is 13.1. The minimum Gasteiger partial charge on any atom is -0.357 e. The van der Waals surface area contributed by atoms with Gasteiger partial charge in [-0.2, -0.15) is 5.10 Å². The van der Waals surface area contributed by atoms with Gasteiger partial charge in [-0.05, 0) is 56.1 Å². The molecule has 8 heteroatoms. The first-order valence-electron chi connectivity index (χ1n) is 13.5. The summed E-state index contributed by atoms with van der Waals surface area (Å²) < 4.78 is 1.76. The van der Waals surface area contributed by atoms with Gasteiger partial charge in [-0.1, -0.05) is 12.8 Å². The van der Waals surface area contributed by atoms with Crippen LogP contribution in [-0.2, 0) is 7.05 Å². The van der Waals surface area contributed by atoms with Crippen LogP contribution in [0.3, 0.4) is 0 Å². The average molecular weight is 466 g/mol. The highest BCUT2D eigenvalue weighted by atomic mass is 16.2. The number of amides is 1. The molecule has 8 nitrogen and oxygen atoms in total. The Morgan fingerprint density at radius 3 is 2.41 bits per heavy atom. The molecule has 2 atom stereocenters. The van der Waals surface area contributed by atoms with Crippen molar-refractivity contribution >= 4 is 22.8 Å². The standard InChI is InChI=1S/C26H39N7O/c1-30-25-22(6-7-23(28-25)33-10-4-2-3-5-11-33)24(29-30)26(34)27-21-8-12-31(13-9-21)14-15-32-17-19-16-20(19)18-32/h6-7,19-21H,2-5,8-18H2,1H3,(H,27,34). The van der Waals surface area contributed by atoms with Crippen molar-refractivity contribution < 1.29 is 4.79 Å². The Morgan fingerprint density at radius 2 is 1.68 bits per heavy atom. The van der Waals surface area contributed by atoms with E-state index >= 15 is 0 Å². The normalized spacial score (nSPS) is 26.6. The van der Waals surface area contributed by atoms with Crippen molar-refractivity contribution in [2.45, 2.75) is 51.0 Å². The lowest BCUT2D eigenvalue weighted by molar-refractivity contribution is 0.0903. The number of fused-ring (bicyclic) bond motifs is 2. The van der Waals surface area contributed by atoms with Gasteiger partial charge < -0.3 is 20.0 Å². The number of carbonyl (C=O) groups excluding carboxylic acids is 1. The van der Waals surface area contributed by atoms with E-state index in [-0.39, 0.29) is 11.9 Å². The monoisotopic (exact) mass is 465 g/mol. The lowest BCUT2D eigenvalue weighted by Gasteiger charge is -2.33. The van der Waals surface area contributed by atoms with Crippen molar-refractivity contribution in [3.05, 3.63) is 17.8 Å². The molecule has 0 bridgehead atoms. The Kier molecular flexibility index (Phi) is 6.20. The van der Waals surface area contributed by atoms with E-state index in [4.69, 9.17) is 4.98 Å². The van der Waals surface area contributed by atoms with Crippen molar-refractivity contribution in [2.24, 2.45) is 18.9 Å². The van der Waals surface area contributed by atoms with Crippen LogP contribution in [-0.4, -0.2) is 88.9 Å². The third-order valence-corrected chi connectivity index (χ3v) is 8.53. The van der Waals surface area contributed by atoms with Gasteiger partial charge in [0.25, 0.3) is 5.91 Å². The number of pyridine rings is 1. The molecule has 1 N–H and O–H groups in total. The highest BCUT2D eigenvalue weighted by molar-refractivity contribution is 6.04. The van der Waals surface area contributed by atoms with Gasteiger partial charge in [0.15, 0.2) is 11.3 Å². The fraction of sp³-hybridized carbons (Fsp3) is 0.731. The molecule has 0 radical (unpaired) electrons. The number of aryl methyl sites for hydroxylation is 1. The molecular formula is C26H39N7O. The first-order valence-corrected chi connectivity index (χ1v) is 13.5. The largest absolute Gasteiger partial charge is 0.357 e. The Morgan fingerprint density at radius 1 is 0.971 bits per heavy atom. The van der Waals surface area contributed by atoms with E-state index in [1.807, 2.05) is 13.1 Å². The van der Waals surface area contributed by atoms with E-state index in [2.05, 4.69) is 31.2 Å². The number of anilines is 1. The molecule has 34 heavy (non-hydrogen) atoms. The van der Waals surface area contributed by atoms with Crippen molar-refractivity contribution in [1.82, 2.24) is 29.9 Å². The second-order valence-corrected chi connectivity index (χ2v) is 11.0. The maximum absolute atomic E-state index is 13.1. The van der Waals surface area contributed by atoms with Gasteiger partial charge in [-0.15, -0.1) is 0 Å². The van der Waals surface area contributed by atoms with Crippen LogP contribution in [0, 0.1) is 11.8 Å². The Hall–Kier alpha value is -2.19. The molecule has 1 saturated carbocycles. The summed E-state index contributed by atoms with van der Waals surface area (Å²) in [5.41, 5.74) is 1.30. The maximum Gasteiger partial charge on any atom is 0.272 e. The molecule has 3 aliphatic heterocycles. The number of nitrogens with zero attached hydrogens (tertiary/aromatic N) is 6. The number of likely N-dealkylation sites (tertiary alicyclic amines) is 2. The van der Waals surface area contributed by atoms with Crippen molar-refractivity contribution in [3.63, 3.8) is 0 Å². The summed E-state index contributed by atoms with van der Waals surface area (Å²) in [7, 11) is 1.89. The minimum absolute atomic E-state index is 0.0651. The van der Waals surface area contributed by atoms with Crippen molar-refractivity contribution in [3.8, 4) is 0 Å². The number of piperidine rings is 2. The highest BCUT2D eigenvalue weighted by Gasteiger charge is 2.44. The molecule has 5 heterocycles. The van der Waals surface area contributed by atoms with Gasteiger partial charge in [0.2, 0.25) is 0 Å². The van der Waals surface area contributed by atoms with Gasteiger partial charge in [0, 0.05) is 65.4 Å². The first-order chi connectivity index (χ1) is 16.6. The minimum atomic E-state index is -0.0651. The fourth-order valence-corrected chi connectivity index (χ4v) is 6.28. The molecule has 1 aliphatic carbocycles. The number of aromatic nitrogens is 3. The molecule has 3 saturated heterocycles. The summed E-state index contributed by atoms with van der Waals surface area (Å²) in [6, 6.07) is 4.33. The highest BCUT2D eigenvalue weighted by Crippen LogP contribution is 2.44. The zero-order valence-corrected chi connectivity index (χ0v) is 20.6. The predicted molar refractivity (Wildman–Crippen MR) is 134 cm³/mol.